The molecule has 0 saturated heterocycles. The Kier molecular flexibility index (Phi) is 4.86. The van der Waals surface area contributed by atoms with Crippen molar-refractivity contribution < 1.29 is 0 Å². The molecule has 19 heavy (non-hydrogen) atoms. The molecule has 2 heterocycles. The molecule has 2 aromatic rings. The third kappa shape index (κ3) is 4.34. The lowest BCUT2D eigenvalue weighted by molar-refractivity contribution is 0.405. The summed E-state index contributed by atoms with van der Waals surface area (Å²) in [6.45, 7) is 2.05. The smallest absolute Gasteiger partial charge is 0.0887 e. The van der Waals surface area contributed by atoms with Crippen molar-refractivity contribution in [1.29, 1.82) is 0 Å². The molecule has 1 N–H and O–H groups in total. The highest BCUT2D eigenvalue weighted by Crippen LogP contribution is 2.15. The average Bonchev–Trinajstić information content (AvgIpc) is 2.45. The molecule has 0 aliphatic rings. The summed E-state index contributed by atoms with van der Waals surface area (Å²) in [7, 11) is 4.17. The average molecular weight is 256 g/mol. The van der Waals surface area contributed by atoms with Crippen molar-refractivity contribution in [3.05, 3.63) is 42.7 Å². The number of aromatic nitrogens is 2. The van der Waals surface area contributed by atoms with Gasteiger partial charge in [-0.15, -0.1) is 0 Å². The Labute approximate surface area is 114 Å². The van der Waals surface area contributed by atoms with E-state index in [2.05, 4.69) is 34.3 Å². The molecule has 2 rings (SSSR count). The quantitative estimate of drug-likeness (QED) is 0.806. The molecule has 4 heteroatoms. The standard InChI is InChI=1S/C15H20N4/c1-19(2)11-5-10-16-13-7-8-15(18-12-13)14-6-3-4-9-17-14/h3-4,6-9,12,16H,5,10-11H2,1-2H3. The van der Waals surface area contributed by atoms with Crippen molar-refractivity contribution in [2.24, 2.45) is 0 Å². The van der Waals surface area contributed by atoms with Crippen LogP contribution in [0, 0.1) is 0 Å². The largest absolute Gasteiger partial charge is 0.384 e. The third-order valence-electron chi connectivity index (χ3n) is 2.80. The summed E-state index contributed by atoms with van der Waals surface area (Å²) in [5, 5.41) is 3.37. The van der Waals surface area contributed by atoms with E-state index < -0.39 is 0 Å². The molecule has 0 radical (unpaired) electrons. The van der Waals surface area contributed by atoms with Crippen LogP contribution in [0.3, 0.4) is 0 Å². The fraction of sp³-hybridized carbons (Fsp3) is 0.333. The van der Waals surface area contributed by atoms with Crippen LogP contribution in [-0.4, -0.2) is 42.1 Å². The number of nitrogens with zero attached hydrogens (tertiary/aromatic N) is 3. The van der Waals surface area contributed by atoms with E-state index in [0.29, 0.717) is 0 Å². The van der Waals surface area contributed by atoms with Gasteiger partial charge in [-0.25, -0.2) is 0 Å². The lowest BCUT2D eigenvalue weighted by atomic mass is 10.2. The first-order chi connectivity index (χ1) is 9.25. The van der Waals surface area contributed by atoms with Gasteiger partial charge in [0.05, 0.1) is 23.3 Å². The summed E-state index contributed by atoms with van der Waals surface area (Å²) in [6, 6.07) is 9.89. The fourth-order valence-electron chi connectivity index (χ4n) is 1.79. The van der Waals surface area contributed by atoms with Gasteiger partial charge in [0.15, 0.2) is 0 Å². The minimum absolute atomic E-state index is 0.902. The lowest BCUT2D eigenvalue weighted by Crippen LogP contribution is -2.16. The first kappa shape index (κ1) is 13.5. The normalized spacial score (nSPS) is 10.7. The summed E-state index contributed by atoms with van der Waals surface area (Å²) in [5.41, 5.74) is 2.86. The SMILES string of the molecule is CN(C)CCCNc1ccc(-c2ccccn2)nc1. The van der Waals surface area contributed by atoms with Crippen LogP contribution in [0.2, 0.25) is 0 Å². The van der Waals surface area contributed by atoms with Crippen molar-refractivity contribution in [3.63, 3.8) is 0 Å². The fourth-order valence-corrected chi connectivity index (χ4v) is 1.79. The van der Waals surface area contributed by atoms with Gasteiger partial charge in [0.1, 0.15) is 0 Å². The molecule has 100 valence electrons. The van der Waals surface area contributed by atoms with Gasteiger partial charge in [-0.3, -0.25) is 9.97 Å². The maximum atomic E-state index is 4.43. The van der Waals surface area contributed by atoms with Gasteiger partial charge >= 0.3 is 0 Å². The van der Waals surface area contributed by atoms with Crippen LogP contribution in [0.25, 0.3) is 11.4 Å². The summed E-state index contributed by atoms with van der Waals surface area (Å²) < 4.78 is 0. The van der Waals surface area contributed by atoms with Crippen LogP contribution in [-0.2, 0) is 0 Å². The molecular formula is C15H20N4. The molecule has 0 aromatic carbocycles. The summed E-state index contributed by atoms with van der Waals surface area (Å²) in [4.78, 5) is 10.9. The van der Waals surface area contributed by atoms with E-state index >= 15 is 0 Å². The number of pyridine rings is 2. The Bertz CT molecular complexity index is 479. The first-order valence-electron chi connectivity index (χ1n) is 6.52. The Morgan fingerprint density at radius 3 is 2.53 bits per heavy atom. The van der Waals surface area contributed by atoms with Gasteiger partial charge in [-0.05, 0) is 51.3 Å². The van der Waals surface area contributed by atoms with Crippen molar-refractivity contribution in [2.75, 3.05) is 32.5 Å². The molecule has 0 saturated carbocycles. The minimum atomic E-state index is 0.902. The van der Waals surface area contributed by atoms with E-state index in [-0.39, 0.29) is 0 Å². The second kappa shape index (κ2) is 6.85. The Hall–Kier alpha value is -1.94. The van der Waals surface area contributed by atoms with Crippen molar-refractivity contribution in [1.82, 2.24) is 14.9 Å². The van der Waals surface area contributed by atoms with Crippen molar-refractivity contribution in [2.45, 2.75) is 6.42 Å². The summed E-state index contributed by atoms with van der Waals surface area (Å²) in [5.74, 6) is 0. The number of hydrogen-bond donors (Lipinski definition) is 1. The van der Waals surface area contributed by atoms with Crippen molar-refractivity contribution >= 4 is 5.69 Å². The Morgan fingerprint density at radius 2 is 1.89 bits per heavy atom. The molecule has 0 unspecified atom stereocenters. The number of hydrogen-bond acceptors (Lipinski definition) is 4. The lowest BCUT2D eigenvalue weighted by Gasteiger charge is -2.10. The molecular weight excluding hydrogens is 236 g/mol. The molecule has 0 fully saturated rings. The van der Waals surface area contributed by atoms with Gasteiger partial charge in [0, 0.05) is 12.7 Å². The maximum Gasteiger partial charge on any atom is 0.0887 e. The summed E-state index contributed by atoms with van der Waals surface area (Å²) >= 11 is 0. The van der Waals surface area contributed by atoms with E-state index in [9.17, 15) is 0 Å². The molecule has 0 aliphatic heterocycles. The first-order valence-corrected chi connectivity index (χ1v) is 6.52. The second-order valence-electron chi connectivity index (χ2n) is 4.73. The molecule has 0 atom stereocenters. The van der Waals surface area contributed by atoms with Crippen LogP contribution in [0.4, 0.5) is 5.69 Å². The predicted molar refractivity (Wildman–Crippen MR) is 79.1 cm³/mol. The zero-order valence-corrected chi connectivity index (χ0v) is 11.5. The zero-order valence-electron chi connectivity index (χ0n) is 11.5. The monoisotopic (exact) mass is 256 g/mol. The third-order valence-corrected chi connectivity index (χ3v) is 2.80. The number of nitrogens with one attached hydrogen (secondary N) is 1. The molecule has 0 aliphatic carbocycles. The Balaban J connectivity index is 1.88. The number of rotatable bonds is 6. The van der Waals surface area contributed by atoms with Crippen LogP contribution < -0.4 is 5.32 Å². The van der Waals surface area contributed by atoms with E-state index in [0.717, 1.165) is 36.6 Å². The van der Waals surface area contributed by atoms with E-state index in [1.165, 1.54) is 0 Å². The van der Waals surface area contributed by atoms with Gasteiger partial charge in [0.25, 0.3) is 0 Å². The Morgan fingerprint density at radius 1 is 1.05 bits per heavy atom. The van der Waals surface area contributed by atoms with Crippen molar-refractivity contribution in [3.8, 4) is 11.4 Å². The van der Waals surface area contributed by atoms with Crippen LogP contribution in [0.15, 0.2) is 42.7 Å². The van der Waals surface area contributed by atoms with Gasteiger partial charge in [0.2, 0.25) is 0 Å². The molecule has 2 aromatic heterocycles. The molecule has 0 amide bonds. The second-order valence-corrected chi connectivity index (χ2v) is 4.73. The highest BCUT2D eigenvalue weighted by atomic mass is 15.1. The summed E-state index contributed by atoms with van der Waals surface area (Å²) in [6.07, 6.45) is 4.76. The van der Waals surface area contributed by atoms with E-state index in [1.807, 2.05) is 36.5 Å². The molecule has 0 bridgehead atoms. The van der Waals surface area contributed by atoms with Gasteiger partial charge in [-0.1, -0.05) is 6.07 Å². The van der Waals surface area contributed by atoms with Gasteiger partial charge < -0.3 is 10.2 Å². The topological polar surface area (TPSA) is 41.0 Å². The highest BCUT2D eigenvalue weighted by Gasteiger charge is 1.99. The predicted octanol–water partition coefficient (Wildman–Crippen LogP) is 2.51. The number of anilines is 1. The molecule has 4 nitrogen and oxygen atoms in total. The van der Waals surface area contributed by atoms with Crippen LogP contribution in [0.1, 0.15) is 6.42 Å². The molecule has 0 spiro atoms. The van der Waals surface area contributed by atoms with Crippen LogP contribution in [0.5, 0.6) is 0 Å². The van der Waals surface area contributed by atoms with E-state index in [1.54, 1.807) is 6.20 Å². The van der Waals surface area contributed by atoms with Crippen LogP contribution >= 0.6 is 0 Å². The highest BCUT2D eigenvalue weighted by molar-refractivity contribution is 5.56. The van der Waals surface area contributed by atoms with E-state index in [4.69, 9.17) is 0 Å². The van der Waals surface area contributed by atoms with Gasteiger partial charge in [-0.2, -0.15) is 0 Å². The zero-order chi connectivity index (χ0) is 13.5. The minimum Gasteiger partial charge on any atom is -0.384 e. The maximum absolute atomic E-state index is 4.43.